The molecule has 0 saturated carbocycles. The van der Waals surface area contributed by atoms with Gasteiger partial charge in [0.2, 0.25) is 0 Å². The number of carbonyl (C=O) groups is 1. The fourth-order valence-electron chi connectivity index (χ4n) is 1.93. The van der Waals surface area contributed by atoms with Crippen molar-refractivity contribution in [3.05, 3.63) is 57.6 Å². The third-order valence-electron chi connectivity index (χ3n) is 3.12. The summed E-state index contributed by atoms with van der Waals surface area (Å²) in [5, 5.41) is 5.96. The second-order valence-electron chi connectivity index (χ2n) is 4.72. The maximum Gasteiger partial charge on any atom is 0.257 e. The van der Waals surface area contributed by atoms with Crippen LogP contribution in [0.3, 0.4) is 0 Å². The SMILES string of the molecule is CNc1cc(C)ccc1C(=O)Nc1ccc(C)c(Br)c1. The summed E-state index contributed by atoms with van der Waals surface area (Å²) in [6.45, 7) is 4.01. The average molecular weight is 333 g/mol. The highest BCUT2D eigenvalue weighted by molar-refractivity contribution is 9.10. The van der Waals surface area contributed by atoms with Crippen LogP contribution in [0.1, 0.15) is 21.5 Å². The minimum atomic E-state index is -0.120. The number of anilines is 2. The minimum absolute atomic E-state index is 0.120. The predicted molar refractivity (Wildman–Crippen MR) is 87.6 cm³/mol. The molecule has 2 N–H and O–H groups in total. The first-order chi connectivity index (χ1) is 9.51. The molecule has 2 rings (SSSR count). The lowest BCUT2D eigenvalue weighted by Gasteiger charge is -2.11. The molecule has 0 saturated heterocycles. The van der Waals surface area contributed by atoms with E-state index in [2.05, 4.69) is 26.6 Å². The summed E-state index contributed by atoms with van der Waals surface area (Å²) >= 11 is 3.47. The molecule has 0 aliphatic rings. The normalized spacial score (nSPS) is 10.2. The maximum absolute atomic E-state index is 12.3. The van der Waals surface area contributed by atoms with Gasteiger partial charge in [-0.15, -0.1) is 0 Å². The number of halogens is 1. The molecule has 1 amide bonds. The van der Waals surface area contributed by atoms with E-state index >= 15 is 0 Å². The van der Waals surface area contributed by atoms with Crippen LogP contribution in [-0.2, 0) is 0 Å². The topological polar surface area (TPSA) is 41.1 Å². The van der Waals surface area contributed by atoms with Crippen molar-refractivity contribution >= 4 is 33.2 Å². The summed E-state index contributed by atoms with van der Waals surface area (Å²) in [5.74, 6) is -0.120. The molecule has 0 bridgehead atoms. The van der Waals surface area contributed by atoms with Crippen LogP contribution in [0.5, 0.6) is 0 Å². The third kappa shape index (κ3) is 3.20. The minimum Gasteiger partial charge on any atom is -0.387 e. The summed E-state index contributed by atoms with van der Waals surface area (Å²) in [7, 11) is 1.81. The van der Waals surface area contributed by atoms with Crippen LogP contribution < -0.4 is 10.6 Å². The van der Waals surface area contributed by atoms with E-state index in [1.54, 1.807) is 0 Å². The van der Waals surface area contributed by atoms with Crippen LogP contribution in [-0.4, -0.2) is 13.0 Å². The number of hydrogen-bond acceptors (Lipinski definition) is 2. The summed E-state index contributed by atoms with van der Waals surface area (Å²) in [5.41, 5.74) is 4.48. The van der Waals surface area contributed by atoms with Gasteiger partial charge in [0.05, 0.1) is 5.56 Å². The van der Waals surface area contributed by atoms with Crippen LogP contribution in [0, 0.1) is 13.8 Å². The smallest absolute Gasteiger partial charge is 0.257 e. The van der Waals surface area contributed by atoms with Crippen molar-refractivity contribution in [2.75, 3.05) is 17.7 Å². The monoisotopic (exact) mass is 332 g/mol. The zero-order chi connectivity index (χ0) is 14.7. The second kappa shape index (κ2) is 6.09. The number of amides is 1. The third-order valence-corrected chi connectivity index (χ3v) is 3.97. The molecule has 0 radical (unpaired) electrons. The van der Waals surface area contributed by atoms with Crippen LogP contribution >= 0.6 is 15.9 Å². The first-order valence-corrected chi connectivity index (χ1v) is 7.16. The molecule has 0 aliphatic carbocycles. The van der Waals surface area contributed by atoms with Gasteiger partial charge in [0, 0.05) is 22.9 Å². The lowest BCUT2D eigenvalue weighted by molar-refractivity contribution is 0.102. The van der Waals surface area contributed by atoms with Crippen LogP contribution in [0.25, 0.3) is 0 Å². The average Bonchev–Trinajstić information content (AvgIpc) is 2.42. The Morgan fingerprint density at radius 3 is 2.50 bits per heavy atom. The summed E-state index contributed by atoms with van der Waals surface area (Å²) in [6, 6.07) is 11.5. The van der Waals surface area contributed by atoms with Gasteiger partial charge < -0.3 is 10.6 Å². The van der Waals surface area contributed by atoms with E-state index in [4.69, 9.17) is 0 Å². The molecule has 104 valence electrons. The lowest BCUT2D eigenvalue weighted by Crippen LogP contribution is -2.14. The van der Waals surface area contributed by atoms with Gasteiger partial charge in [-0.3, -0.25) is 4.79 Å². The fourth-order valence-corrected chi connectivity index (χ4v) is 2.31. The van der Waals surface area contributed by atoms with Crippen molar-refractivity contribution in [3.8, 4) is 0 Å². The molecule has 0 spiro atoms. The van der Waals surface area contributed by atoms with Crippen molar-refractivity contribution in [2.45, 2.75) is 13.8 Å². The van der Waals surface area contributed by atoms with Crippen LogP contribution in [0.15, 0.2) is 40.9 Å². The Labute approximate surface area is 127 Å². The molecule has 0 atom stereocenters. The number of rotatable bonds is 3. The van der Waals surface area contributed by atoms with Crippen LogP contribution in [0.4, 0.5) is 11.4 Å². The van der Waals surface area contributed by atoms with Gasteiger partial charge in [-0.25, -0.2) is 0 Å². The Kier molecular flexibility index (Phi) is 4.45. The highest BCUT2D eigenvalue weighted by atomic mass is 79.9. The first-order valence-electron chi connectivity index (χ1n) is 6.37. The van der Waals surface area contributed by atoms with Crippen molar-refractivity contribution < 1.29 is 4.79 Å². The fraction of sp³-hybridized carbons (Fsp3) is 0.188. The van der Waals surface area contributed by atoms with Gasteiger partial charge >= 0.3 is 0 Å². The highest BCUT2D eigenvalue weighted by Crippen LogP contribution is 2.23. The lowest BCUT2D eigenvalue weighted by atomic mass is 10.1. The zero-order valence-corrected chi connectivity index (χ0v) is 13.3. The molecule has 2 aromatic carbocycles. The predicted octanol–water partition coefficient (Wildman–Crippen LogP) is 4.36. The molecule has 2 aromatic rings. The number of benzene rings is 2. The van der Waals surface area contributed by atoms with Crippen LogP contribution in [0.2, 0.25) is 0 Å². The molecule has 0 aliphatic heterocycles. The zero-order valence-electron chi connectivity index (χ0n) is 11.8. The molecule has 0 heterocycles. The summed E-state index contributed by atoms with van der Waals surface area (Å²) < 4.78 is 0.980. The van der Waals surface area contributed by atoms with E-state index in [-0.39, 0.29) is 5.91 Å². The van der Waals surface area contributed by atoms with E-state index in [0.717, 1.165) is 27.0 Å². The number of aryl methyl sites for hydroxylation is 2. The van der Waals surface area contributed by atoms with Crippen molar-refractivity contribution in [2.24, 2.45) is 0 Å². The van der Waals surface area contributed by atoms with Crippen molar-refractivity contribution in [1.29, 1.82) is 0 Å². The maximum atomic E-state index is 12.3. The van der Waals surface area contributed by atoms with Gasteiger partial charge in [0.15, 0.2) is 0 Å². The Bertz CT molecular complexity index is 653. The van der Waals surface area contributed by atoms with Crippen molar-refractivity contribution in [3.63, 3.8) is 0 Å². The Balaban J connectivity index is 2.25. The Morgan fingerprint density at radius 2 is 1.85 bits per heavy atom. The molecule has 4 heteroatoms. The standard InChI is InChI=1S/C16H17BrN2O/c1-10-4-7-13(15(8-10)18-3)16(20)19-12-6-5-11(2)14(17)9-12/h4-9,18H,1-3H3,(H,19,20). The number of hydrogen-bond donors (Lipinski definition) is 2. The molecule has 20 heavy (non-hydrogen) atoms. The summed E-state index contributed by atoms with van der Waals surface area (Å²) in [6.07, 6.45) is 0. The molecule has 3 nitrogen and oxygen atoms in total. The van der Waals surface area contributed by atoms with E-state index in [1.165, 1.54) is 0 Å². The molecule has 0 fully saturated rings. The van der Waals surface area contributed by atoms with Gasteiger partial charge in [-0.1, -0.05) is 28.1 Å². The molecular weight excluding hydrogens is 316 g/mol. The van der Waals surface area contributed by atoms with E-state index in [0.29, 0.717) is 5.56 Å². The van der Waals surface area contributed by atoms with Crippen molar-refractivity contribution in [1.82, 2.24) is 0 Å². The number of carbonyl (C=O) groups excluding carboxylic acids is 1. The molecule has 0 unspecified atom stereocenters. The van der Waals surface area contributed by atoms with Gasteiger partial charge in [-0.2, -0.15) is 0 Å². The van der Waals surface area contributed by atoms with E-state index in [9.17, 15) is 4.79 Å². The van der Waals surface area contributed by atoms with Gasteiger partial charge in [0.25, 0.3) is 5.91 Å². The Morgan fingerprint density at radius 1 is 1.10 bits per heavy atom. The van der Waals surface area contributed by atoms with Gasteiger partial charge in [-0.05, 0) is 49.2 Å². The van der Waals surface area contributed by atoms with Gasteiger partial charge in [0.1, 0.15) is 0 Å². The highest BCUT2D eigenvalue weighted by Gasteiger charge is 2.11. The summed E-state index contributed by atoms with van der Waals surface area (Å²) in [4.78, 5) is 12.3. The molecule has 0 aromatic heterocycles. The largest absolute Gasteiger partial charge is 0.387 e. The second-order valence-corrected chi connectivity index (χ2v) is 5.57. The quantitative estimate of drug-likeness (QED) is 0.876. The van der Waals surface area contributed by atoms with E-state index < -0.39 is 0 Å². The number of nitrogens with one attached hydrogen (secondary N) is 2. The Hall–Kier alpha value is -1.81. The van der Waals surface area contributed by atoms with E-state index in [1.807, 2.05) is 57.3 Å². The first kappa shape index (κ1) is 14.6. The molecular formula is C16H17BrN2O.